The molecule has 2 N–H and O–H groups in total. The van der Waals surface area contributed by atoms with Gasteiger partial charge in [-0.15, -0.1) is 0 Å². The lowest BCUT2D eigenvalue weighted by Crippen LogP contribution is -2.10. The highest BCUT2D eigenvalue weighted by molar-refractivity contribution is 7.80. The van der Waals surface area contributed by atoms with Crippen molar-refractivity contribution >= 4 is 17.2 Å². The average molecular weight is 309 g/mol. The third-order valence-electron chi connectivity index (χ3n) is 2.83. The summed E-state index contributed by atoms with van der Waals surface area (Å²) in [6.07, 6.45) is 0. The Hall–Kier alpha value is -2.21. The molecule has 2 rings (SSSR count). The van der Waals surface area contributed by atoms with Gasteiger partial charge >= 0.3 is 0 Å². The van der Waals surface area contributed by atoms with Gasteiger partial charge in [-0.2, -0.15) is 0 Å². The number of hydrogen-bond acceptors (Lipinski definition) is 3. The van der Waals surface area contributed by atoms with Crippen LogP contribution in [0.4, 0.5) is 8.78 Å². The lowest BCUT2D eigenvalue weighted by molar-refractivity contribution is 0.295. The van der Waals surface area contributed by atoms with E-state index in [1.54, 1.807) is 18.2 Å². The van der Waals surface area contributed by atoms with Crippen LogP contribution in [-0.4, -0.2) is 12.1 Å². The summed E-state index contributed by atoms with van der Waals surface area (Å²) >= 11 is 4.90. The molecule has 0 heterocycles. The van der Waals surface area contributed by atoms with Crippen molar-refractivity contribution in [1.29, 1.82) is 0 Å². The maximum atomic E-state index is 13.5. The monoisotopic (exact) mass is 309 g/mol. The third kappa shape index (κ3) is 3.66. The van der Waals surface area contributed by atoms with Crippen molar-refractivity contribution in [2.24, 2.45) is 5.73 Å². The zero-order valence-electron chi connectivity index (χ0n) is 11.2. The molecule has 3 nitrogen and oxygen atoms in total. The van der Waals surface area contributed by atoms with E-state index in [0.717, 1.165) is 6.07 Å². The molecular formula is C15H13F2NO2S. The van der Waals surface area contributed by atoms with Crippen molar-refractivity contribution < 1.29 is 18.3 Å². The second kappa shape index (κ2) is 6.49. The molecule has 0 spiro atoms. The maximum absolute atomic E-state index is 13.5. The van der Waals surface area contributed by atoms with Crippen LogP contribution >= 0.6 is 12.2 Å². The van der Waals surface area contributed by atoms with Gasteiger partial charge in [0, 0.05) is 17.2 Å². The van der Waals surface area contributed by atoms with E-state index in [1.165, 1.54) is 19.2 Å². The van der Waals surface area contributed by atoms with E-state index in [4.69, 9.17) is 27.4 Å². The van der Waals surface area contributed by atoms with Crippen molar-refractivity contribution in [2.75, 3.05) is 7.11 Å². The molecule has 0 aliphatic rings. The summed E-state index contributed by atoms with van der Waals surface area (Å²) in [5, 5.41) is 0. The molecular weight excluding hydrogens is 296 g/mol. The van der Waals surface area contributed by atoms with Gasteiger partial charge in [-0.05, 0) is 18.2 Å². The topological polar surface area (TPSA) is 44.5 Å². The van der Waals surface area contributed by atoms with Crippen molar-refractivity contribution in [2.45, 2.75) is 6.61 Å². The minimum atomic E-state index is -0.921. The van der Waals surface area contributed by atoms with Crippen molar-refractivity contribution in [1.82, 2.24) is 0 Å². The van der Waals surface area contributed by atoms with Gasteiger partial charge in [-0.25, -0.2) is 8.78 Å². The number of ether oxygens (including phenoxy) is 2. The molecule has 0 aromatic heterocycles. The summed E-state index contributed by atoms with van der Waals surface area (Å²) in [7, 11) is 1.49. The van der Waals surface area contributed by atoms with Crippen LogP contribution in [0, 0.1) is 11.6 Å². The van der Waals surface area contributed by atoms with E-state index in [0.29, 0.717) is 17.1 Å². The number of methoxy groups -OCH3 is 1. The highest BCUT2D eigenvalue weighted by Crippen LogP contribution is 2.24. The predicted molar refractivity (Wildman–Crippen MR) is 79.6 cm³/mol. The summed E-state index contributed by atoms with van der Waals surface area (Å²) in [5.41, 5.74) is 6.26. The highest BCUT2D eigenvalue weighted by atomic mass is 32.1. The second-order valence-electron chi connectivity index (χ2n) is 4.26. The summed E-state index contributed by atoms with van der Waals surface area (Å²) in [5.74, 6) is -0.920. The fraction of sp³-hybridized carbons (Fsp3) is 0.133. The van der Waals surface area contributed by atoms with Crippen LogP contribution in [0.3, 0.4) is 0 Å². The number of rotatable bonds is 5. The fourth-order valence-corrected chi connectivity index (χ4v) is 1.85. The molecule has 21 heavy (non-hydrogen) atoms. The normalized spacial score (nSPS) is 10.2. The largest absolute Gasteiger partial charge is 0.497 e. The van der Waals surface area contributed by atoms with Crippen LogP contribution in [-0.2, 0) is 6.61 Å². The molecule has 0 amide bonds. The molecule has 0 bridgehead atoms. The Morgan fingerprint density at radius 3 is 2.57 bits per heavy atom. The first kappa shape index (κ1) is 15.2. The molecule has 0 unspecified atom stereocenters. The van der Waals surface area contributed by atoms with Gasteiger partial charge in [0.1, 0.15) is 23.1 Å². The van der Waals surface area contributed by atoms with Gasteiger partial charge in [-0.3, -0.25) is 0 Å². The lowest BCUT2D eigenvalue weighted by atomic mass is 10.2. The zero-order valence-corrected chi connectivity index (χ0v) is 12.0. The first-order valence-electron chi connectivity index (χ1n) is 6.06. The van der Waals surface area contributed by atoms with E-state index < -0.39 is 11.6 Å². The van der Waals surface area contributed by atoms with Gasteiger partial charge in [0.15, 0.2) is 11.6 Å². The number of thiocarbonyl (C=S) groups is 1. The Balaban J connectivity index is 2.21. The van der Waals surface area contributed by atoms with E-state index >= 15 is 0 Å². The standard InChI is InChI=1S/C15H13F2NO2S/c1-19-11-5-10(15(18)21)6-12(7-11)20-8-9-3-2-4-13(16)14(9)17/h2-7H,8H2,1H3,(H2,18,21). The number of nitrogens with two attached hydrogens (primary N) is 1. The van der Waals surface area contributed by atoms with E-state index in [1.807, 2.05) is 0 Å². The van der Waals surface area contributed by atoms with Crippen molar-refractivity contribution in [3.8, 4) is 11.5 Å². The summed E-state index contributed by atoms with van der Waals surface area (Å²) < 4.78 is 37.2. The second-order valence-corrected chi connectivity index (χ2v) is 4.70. The van der Waals surface area contributed by atoms with Crippen LogP contribution in [0.15, 0.2) is 36.4 Å². The van der Waals surface area contributed by atoms with Crippen LogP contribution in [0.1, 0.15) is 11.1 Å². The molecule has 0 saturated carbocycles. The van der Waals surface area contributed by atoms with E-state index in [-0.39, 0.29) is 17.2 Å². The smallest absolute Gasteiger partial charge is 0.165 e. The van der Waals surface area contributed by atoms with Gasteiger partial charge < -0.3 is 15.2 Å². The van der Waals surface area contributed by atoms with Crippen molar-refractivity contribution in [3.63, 3.8) is 0 Å². The molecule has 110 valence electrons. The van der Waals surface area contributed by atoms with Gasteiger partial charge in [-0.1, -0.05) is 24.4 Å². The lowest BCUT2D eigenvalue weighted by Gasteiger charge is -2.11. The molecule has 0 saturated heterocycles. The Bertz CT molecular complexity index is 677. The van der Waals surface area contributed by atoms with Crippen LogP contribution in [0.2, 0.25) is 0 Å². The van der Waals surface area contributed by atoms with Gasteiger partial charge in [0.2, 0.25) is 0 Å². The van der Waals surface area contributed by atoms with Gasteiger partial charge in [0.25, 0.3) is 0 Å². The molecule has 0 radical (unpaired) electrons. The minimum Gasteiger partial charge on any atom is -0.497 e. The molecule has 2 aromatic rings. The van der Waals surface area contributed by atoms with Crippen molar-refractivity contribution in [3.05, 3.63) is 59.2 Å². The SMILES string of the molecule is COc1cc(OCc2cccc(F)c2F)cc(C(N)=S)c1. The van der Waals surface area contributed by atoms with Crippen LogP contribution < -0.4 is 15.2 Å². The molecule has 6 heteroatoms. The van der Waals surface area contributed by atoms with E-state index in [9.17, 15) is 8.78 Å². The Morgan fingerprint density at radius 1 is 1.19 bits per heavy atom. The Kier molecular flexibility index (Phi) is 4.70. The van der Waals surface area contributed by atoms with Gasteiger partial charge in [0.05, 0.1) is 7.11 Å². The summed E-state index contributed by atoms with van der Waals surface area (Å²) in [6, 6.07) is 8.81. The average Bonchev–Trinajstić information content (AvgIpc) is 2.48. The zero-order chi connectivity index (χ0) is 15.4. The summed E-state index contributed by atoms with van der Waals surface area (Å²) in [4.78, 5) is 0.190. The number of hydrogen-bond donors (Lipinski definition) is 1. The highest BCUT2D eigenvalue weighted by Gasteiger charge is 2.09. The molecule has 2 aromatic carbocycles. The fourth-order valence-electron chi connectivity index (χ4n) is 1.74. The van der Waals surface area contributed by atoms with Crippen LogP contribution in [0.25, 0.3) is 0 Å². The minimum absolute atomic E-state index is 0.118. The predicted octanol–water partition coefficient (Wildman–Crippen LogP) is 3.19. The molecule has 0 aliphatic heterocycles. The summed E-state index contributed by atoms with van der Waals surface area (Å²) in [6.45, 7) is -0.118. The van der Waals surface area contributed by atoms with E-state index in [2.05, 4.69) is 0 Å². The quantitative estimate of drug-likeness (QED) is 0.862. The Labute approximate surface area is 126 Å². The first-order valence-corrected chi connectivity index (χ1v) is 6.46. The maximum Gasteiger partial charge on any atom is 0.165 e. The Morgan fingerprint density at radius 2 is 1.90 bits per heavy atom. The number of halogens is 2. The van der Waals surface area contributed by atoms with Crippen LogP contribution in [0.5, 0.6) is 11.5 Å². The first-order chi connectivity index (χ1) is 10.0. The molecule has 0 fully saturated rings. The molecule has 0 aliphatic carbocycles. The molecule has 0 atom stereocenters. The number of benzene rings is 2. The third-order valence-corrected chi connectivity index (χ3v) is 3.06.